The first-order chi connectivity index (χ1) is 11.2. The van der Waals surface area contributed by atoms with Gasteiger partial charge in [-0.15, -0.1) is 11.3 Å². The molecule has 0 spiro atoms. The lowest BCUT2D eigenvalue weighted by molar-refractivity contribution is 0.0702. The summed E-state index contributed by atoms with van der Waals surface area (Å²) in [7, 11) is 0. The largest absolute Gasteiger partial charge is 0.477 e. The highest BCUT2D eigenvalue weighted by Gasteiger charge is 2.28. The molecule has 3 rings (SSSR count). The quantitative estimate of drug-likeness (QED) is 0.863. The van der Waals surface area contributed by atoms with E-state index >= 15 is 0 Å². The fourth-order valence-electron chi connectivity index (χ4n) is 2.90. The summed E-state index contributed by atoms with van der Waals surface area (Å²) in [4.78, 5) is 24.7. The van der Waals surface area contributed by atoms with Gasteiger partial charge in [-0.2, -0.15) is 0 Å². The zero-order valence-corrected chi connectivity index (χ0v) is 14.3. The van der Waals surface area contributed by atoms with Crippen LogP contribution in [0, 0.1) is 6.92 Å². The van der Waals surface area contributed by atoms with Crippen LogP contribution in [0.25, 0.3) is 0 Å². The highest BCUT2D eigenvalue weighted by Crippen LogP contribution is 2.31. The number of carbonyl (C=O) groups is 1. The molecule has 0 radical (unpaired) electrons. The first-order valence-corrected chi connectivity index (χ1v) is 8.80. The molecule has 0 aliphatic carbocycles. The number of likely N-dealkylation sites (tertiary alicyclic amines) is 1. The normalized spacial score (nSPS) is 18.0. The lowest BCUT2D eigenvalue weighted by atomic mass is 9.98. The Balaban J connectivity index is 1.77. The van der Waals surface area contributed by atoms with Crippen LogP contribution in [-0.2, 0) is 0 Å². The van der Waals surface area contributed by atoms with E-state index in [2.05, 4.69) is 16.9 Å². The van der Waals surface area contributed by atoms with Crippen LogP contribution in [-0.4, -0.2) is 40.5 Å². The fraction of sp³-hybridized carbons (Fsp3) is 0.471. The lowest BCUT2D eigenvalue weighted by Crippen LogP contribution is -2.39. The maximum atomic E-state index is 12.9. The smallest absolute Gasteiger partial charge is 0.259 e. The number of aromatic nitrogens is 2. The molecule has 1 aliphatic rings. The molecule has 1 fully saturated rings. The third-order valence-electron chi connectivity index (χ3n) is 3.98. The number of thiazole rings is 1. The number of piperidine rings is 1. The maximum Gasteiger partial charge on any atom is 0.259 e. The summed E-state index contributed by atoms with van der Waals surface area (Å²) in [6, 6.07) is 3.57. The van der Waals surface area contributed by atoms with Gasteiger partial charge in [0.1, 0.15) is 5.56 Å². The van der Waals surface area contributed by atoms with Gasteiger partial charge in [-0.1, -0.05) is 0 Å². The van der Waals surface area contributed by atoms with Crippen molar-refractivity contribution in [2.24, 2.45) is 0 Å². The second-order valence-corrected chi connectivity index (χ2v) is 6.95. The monoisotopic (exact) mass is 331 g/mol. The molecule has 0 bridgehead atoms. The van der Waals surface area contributed by atoms with Crippen LogP contribution in [0.1, 0.15) is 45.9 Å². The molecule has 1 aliphatic heterocycles. The Kier molecular flexibility index (Phi) is 4.91. The minimum atomic E-state index is -0.000437. The van der Waals surface area contributed by atoms with E-state index < -0.39 is 0 Å². The lowest BCUT2D eigenvalue weighted by Gasteiger charge is -2.32. The van der Waals surface area contributed by atoms with Crippen molar-refractivity contribution in [3.63, 3.8) is 0 Å². The van der Waals surface area contributed by atoms with E-state index in [0.29, 0.717) is 30.5 Å². The predicted molar refractivity (Wildman–Crippen MR) is 90.1 cm³/mol. The highest BCUT2D eigenvalue weighted by atomic mass is 32.1. The van der Waals surface area contributed by atoms with Crippen LogP contribution in [0.15, 0.2) is 24.5 Å². The second-order valence-electron chi connectivity index (χ2n) is 5.69. The molecule has 122 valence electrons. The number of nitrogens with zero attached hydrogens (tertiary/aromatic N) is 3. The Morgan fingerprint density at radius 2 is 2.35 bits per heavy atom. The molecular formula is C17H21N3O2S. The van der Waals surface area contributed by atoms with E-state index in [1.807, 2.05) is 18.0 Å². The molecule has 1 unspecified atom stereocenters. The highest BCUT2D eigenvalue weighted by molar-refractivity contribution is 7.11. The number of amides is 1. The van der Waals surface area contributed by atoms with Gasteiger partial charge in [-0.3, -0.25) is 4.79 Å². The van der Waals surface area contributed by atoms with Gasteiger partial charge in [0.05, 0.1) is 11.6 Å². The second kappa shape index (κ2) is 7.08. The summed E-state index contributed by atoms with van der Waals surface area (Å²) >= 11 is 1.73. The van der Waals surface area contributed by atoms with Gasteiger partial charge >= 0.3 is 0 Å². The minimum Gasteiger partial charge on any atom is -0.477 e. The number of pyridine rings is 1. The Bertz CT molecular complexity index is 686. The van der Waals surface area contributed by atoms with Gasteiger partial charge in [0.15, 0.2) is 0 Å². The average Bonchev–Trinajstić information content (AvgIpc) is 3.02. The number of rotatable bonds is 4. The van der Waals surface area contributed by atoms with Crippen molar-refractivity contribution in [2.45, 2.75) is 32.6 Å². The average molecular weight is 331 g/mol. The Labute approximate surface area is 140 Å². The molecule has 2 aromatic heterocycles. The van der Waals surface area contributed by atoms with Gasteiger partial charge < -0.3 is 9.64 Å². The van der Waals surface area contributed by atoms with Crippen molar-refractivity contribution in [3.05, 3.63) is 40.0 Å². The van der Waals surface area contributed by atoms with Crippen molar-refractivity contribution < 1.29 is 9.53 Å². The molecule has 1 atom stereocenters. The number of aryl methyl sites for hydroxylation is 1. The van der Waals surface area contributed by atoms with Crippen LogP contribution < -0.4 is 4.74 Å². The molecule has 23 heavy (non-hydrogen) atoms. The van der Waals surface area contributed by atoms with E-state index in [1.165, 1.54) is 4.88 Å². The van der Waals surface area contributed by atoms with Crippen LogP contribution >= 0.6 is 11.3 Å². The van der Waals surface area contributed by atoms with Gasteiger partial charge in [0.2, 0.25) is 5.88 Å². The Morgan fingerprint density at radius 3 is 3.09 bits per heavy atom. The van der Waals surface area contributed by atoms with E-state index in [0.717, 1.165) is 24.4 Å². The molecule has 5 nitrogen and oxygen atoms in total. The number of hydrogen-bond donors (Lipinski definition) is 0. The van der Waals surface area contributed by atoms with E-state index in [4.69, 9.17) is 4.74 Å². The molecule has 2 aromatic rings. The zero-order valence-electron chi connectivity index (χ0n) is 13.5. The van der Waals surface area contributed by atoms with E-state index in [1.54, 1.807) is 29.7 Å². The third-order valence-corrected chi connectivity index (χ3v) is 5.05. The third kappa shape index (κ3) is 3.52. The first kappa shape index (κ1) is 15.9. The number of ether oxygens (including phenoxy) is 1. The summed E-state index contributed by atoms with van der Waals surface area (Å²) in [6.45, 7) is 5.95. The molecule has 3 heterocycles. The van der Waals surface area contributed by atoms with Crippen LogP contribution in [0.2, 0.25) is 0 Å². The van der Waals surface area contributed by atoms with Gasteiger partial charge in [0.25, 0.3) is 5.91 Å². The Morgan fingerprint density at radius 1 is 1.48 bits per heavy atom. The van der Waals surface area contributed by atoms with E-state index in [-0.39, 0.29) is 5.91 Å². The van der Waals surface area contributed by atoms with Crippen molar-refractivity contribution in [3.8, 4) is 5.88 Å². The number of hydrogen-bond acceptors (Lipinski definition) is 5. The molecule has 1 saturated heterocycles. The first-order valence-electron chi connectivity index (χ1n) is 7.98. The molecule has 0 aromatic carbocycles. The van der Waals surface area contributed by atoms with Gasteiger partial charge in [0, 0.05) is 36.3 Å². The topological polar surface area (TPSA) is 55.3 Å². The molecule has 1 amide bonds. The summed E-state index contributed by atoms with van der Waals surface area (Å²) in [5, 5.41) is 1.14. The van der Waals surface area contributed by atoms with Crippen molar-refractivity contribution in [2.75, 3.05) is 19.7 Å². The fourth-order valence-corrected chi connectivity index (χ4v) is 3.80. The van der Waals surface area contributed by atoms with Crippen LogP contribution in [0.4, 0.5) is 0 Å². The number of carbonyl (C=O) groups excluding carboxylic acids is 1. The molecular weight excluding hydrogens is 310 g/mol. The van der Waals surface area contributed by atoms with Crippen molar-refractivity contribution in [1.29, 1.82) is 0 Å². The van der Waals surface area contributed by atoms with Crippen molar-refractivity contribution >= 4 is 17.2 Å². The van der Waals surface area contributed by atoms with Crippen LogP contribution in [0.5, 0.6) is 5.88 Å². The Hall–Kier alpha value is -1.95. The van der Waals surface area contributed by atoms with Gasteiger partial charge in [-0.25, -0.2) is 9.97 Å². The minimum absolute atomic E-state index is 0.000437. The molecule has 0 N–H and O–H groups in total. The van der Waals surface area contributed by atoms with Crippen molar-refractivity contribution in [1.82, 2.24) is 14.9 Å². The summed E-state index contributed by atoms with van der Waals surface area (Å²) in [5.41, 5.74) is 0.547. The molecule has 6 heteroatoms. The van der Waals surface area contributed by atoms with Gasteiger partial charge in [-0.05, 0) is 38.8 Å². The maximum absolute atomic E-state index is 12.9. The standard InChI is InChI=1S/C17H21N3O2S/c1-3-22-15-14(7-4-8-18-15)17(21)20-9-5-6-13(11-20)16-19-10-12(2)23-16/h4,7-8,10,13H,3,5-6,9,11H2,1-2H3. The van der Waals surface area contributed by atoms with Crippen LogP contribution in [0.3, 0.4) is 0 Å². The summed E-state index contributed by atoms with van der Waals surface area (Å²) < 4.78 is 5.49. The zero-order chi connectivity index (χ0) is 16.2. The summed E-state index contributed by atoms with van der Waals surface area (Å²) in [6.07, 6.45) is 5.65. The van der Waals surface area contributed by atoms with E-state index in [9.17, 15) is 4.79 Å². The molecule has 0 saturated carbocycles. The predicted octanol–water partition coefficient (Wildman–Crippen LogP) is 3.27. The summed E-state index contributed by atoms with van der Waals surface area (Å²) in [5.74, 6) is 0.755. The SMILES string of the molecule is CCOc1ncccc1C(=O)N1CCCC(c2ncc(C)s2)C1.